The molecule has 28 heavy (non-hydrogen) atoms. The Morgan fingerprint density at radius 2 is 1.68 bits per heavy atom. The summed E-state index contributed by atoms with van der Waals surface area (Å²) in [5.74, 6) is 0.0750. The van der Waals surface area contributed by atoms with Crippen molar-refractivity contribution in [2.24, 2.45) is 0 Å². The van der Waals surface area contributed by atoms with E-state index in [-0.39, 0.29) is 24.5 Å². The van der Waals surface area contributed by atoms with Crippen LogP contribution in [-0.4, -0.2) is 36.4 Å². The standard InChI is InChI=1S/C23H24N2O3/c1-5-15-25-22(26)20(17-11-13-19(14-12-17)28-16(2)3)21(23(25)27)24(4)18-9-7-6-8-10-18/h5-14,16H,1,15H2,2-4H3. The first-order valence-electron chi connectivity index (χ1n) is 9.21. The van der Waals surface area contributed by atoms with E-state index in [0.29, 0.717) is 16.8 Å². The van der Waals surface area contributed by atoms with Crippen LogP contribution in [-0.2, 0) is 9.59 Å². The summed E-state index contributed by atoms with van der Waals surface area (Å²) in [5, 5.41) is 0. The van der Waals surface area contributed by atoms with Crippen molar-refractivity contribution in [2.75, 3.05) is 18.5 Å². The Bertz CT molecular complexity index is 915. The predicted octanol–water partition coefficient (Wildman–Crippen LogP) is 3.88. The van der Waals surface area contributed by atoms with Gasteiger partial charge in [-0.25, -0.2) is 0 Å². The summed E-state index contributed by atoms with van der Waals surface area (Å²) in [6, 6.07) is 16.8. The van der Waals surface area contributed by atoms with Gasteiger partial charge in [-0.3, -0.25) is 14.5 Å². The third-order valence-corrected chi connectivity index (χ3v) is 4.45. The highest BCUT2D eigenvalue weighted by Crippen LogP contribution is 2.34. The van der Waals surface area contributed by atoms with E-state index in [2.05, 4.69) is 6.58 Å². The topological polar surface area (TPSA) is 49.9 Å². The summed E-state index contributed by atoms with van der Waals surface area (Å²) < 4.78 is 5.68. The van der Waals surface area contributed by atoms with Crippen molar-refractivity contribution < 1.29 is 14.3 Å². The molecule has 2 aromatic carbocycles. The zero-order valence-corrected chi connectivity index (χ0v) is 16.4. The summed E-state index contributed by atoms with van der Waals surface area (Å²) in [6.07, 6.45) is 1.61. The van der Waals surface area contributed by atoms with Crippen LogP contribution in [0.4, 0.5) is 5.69 Å². The number of para-hydroxylation sites is 1. The number of ether oxygens (including phenoxy) is 1. The first-order chi connectivity index (χ1) is 13.4. The molecule has 2 aromatic rings. The van der Waals surface area contributed by atoms with Crippen LogP contribution in [0.15, 0.2) is 72.9 Å². The Hall–Kier alpha value is -3.34. The SMILES string of the molecule is C=CCN1C(=O)C(c2ccc(OC(C)C)cc2)=C(N(C)c2ccccc2)C1=O. The number of imide groups is 1. The third kappa shape index (κ3) is 3.69. The van der Waals surface area contributed by atoms with Crippen LogP contribution in [0.3, 0.4) is 0 Å². The second-order valence-corrected chi connectivity index (χ2v) is 6.82. The molecule has 0 saturated carbocycles. The van der Waals surface area contributed by atoms with Crippen molar-refractivity contribution >= 4 is 23.1 Å². The number of rotatable bonds is 7. The van der Waals surface area contributed by atoms with Crippen LogP contribution in [0.1, 0.15) is 19.4 Å². The molecular formula is C23H24N2O3. The molecule has 0 fully saturated rings. The van der Waals surface area contributed by atoms with Gasteiger partial charge in [0.1, 0.15) is 11.4 Å². The van der Waals surface area contributed by atoms with E-state index < -0.39 is 0 Å². The van der Waals surface area contributed by atoms with Gasteiger partial charge in [-0.05, 0) is 43.7 Å². The summed E-state index contributed by atoms with van der Waals surface area (Å²) in [4.78, 5) is 29.1. The van der Waals surface area contributed by atoms with Gasteiger partial charge in [0.2, 0.25) is 0 Å². The fourth-order valence-corrected chi connectivity index (χ4v) is 3.18. The summed E-state index contributed by atoms with van der Waals surface area (Å²) in [6.45, 7) is 7.74. The third-order valence-electron chi connectivity index (χ3n) is 4.45. The van der Waals surface area contributed by atoms with E-state index >= 15 is 0 Å². The summed E-state index contributed by atoms with van der Waals surface area (Å²) >= 11 is 0. The first kappa shape index (κ1) is 19.4. The number of hydrogen-bond donors (Lipinski definition) is 0. The maximum Gasteiger partial charge on any atom is 0.278 e. The number of anilines is 1. The molecule has 144 valence electrons. The van der Waals surface area contributed by atoms with Gasteiger partial charge in [-0.15, -0.1) is 6.58 Å². The Morgan fingerprint density at radius 3 is 2.25 bits per heavy atom. The zero-order valence-electron chi connectivity index (χ0n) is 16.4. The molecule has 0 spiro atoms. The second kappa shape index (κ2) is 8.13. The molecule has 5 nitrogen and oxygen atoms in total. The molecule has 1 aliphatic rings. The van der Waals surface area contributed by atoms with Gasteiger partial charge in [-0.2, -0.15) is 0 Å². The van der Waals surface area contributed by atoms with E-state index in [9.17, 15) is 9.59 Å². The van der Waals surface area contributed by atoms with Crippen molar-refractivity contribution in [3.8, 4) is 5.75 Å². The molecular weight excluding hydrogens is 352 g/mol. The highest BCUT2D eigenvalue weighted by molar-refractivity contribution is 6.36. The van der Waals surface area contributed by atoms with Gasteiger partial charge in [0.05, 0.1) is 11.7 Å². The molecule has 0 radical (unpaired) electrons. The van der Waals surface area contributed by atoms with Crippen LogP contribution in [0.2, 0.25) is 0 Å². The van der Waals surface area contributed by atoms with Gasteiger partial charge in [0.25, 0.3) is 11.8 Å². The number of carbonyl (C=O) groups is 2. The quantitative estimate of drug-likeness (QED) is 0.544. The lowest BCUT2D eigenvalue weighted by Gasteiger charge is -2.21. The average Bonchev–Trinajstić information content (AvgIpc) is 2.93. The molecule has 0 aromatic heterocycles. The van der Waals surface area contributed by atoms with Crippen molar-refractivity contribution in [2.45, 2.75) is 20.0 Å². The summed E-state index contributed by atoms with van der Waals surface area (Å²) in [7, 11) is 1.80. The van der Waals surface area contributed by atoms with Crippen LogP contribution >= 0.6 is 0 Å². The molecule has 3 rings (SSSR count). The monoisotopic (exact) mass is 376 g/mol. The van der Waals surface area contributed by atoms with E-state index in [4.69, 9.17) is 4.74 Å². The molecule has 0 saturated heterocycles. The van der Waals surface area contributed by atoms with Crippen LogP contribution < -0.4 is 9.64 Å². The number of amides is 2. The fraction of sp³-hybridized carbons (Fsp3) is 0.217. The average molecular weight is 376 g/mol. The number of benzene rings is 2. The van der Waals surface area contributed by atoms with Crippen molar-refractivity contribution in [1.82, 2.24) is 4.90 Å². The number of hydrogen-bond acceptors (Lipinski definition) is 4. The predicted molar refractivity (Wildman–Crippen MR) is 111 cm³/mol. The van der Waals surface area contributed by atoms with Gasteiger partial charge in [0, 0.05) is 19.3 Å². The first-order valence-corrected chi connectivity index (χ1v) is 9.21. The normalized spacial score (nSPS) is 14.1. The number of nitrogens with zero attached hydrogens (tertiary/aromatic N) is 2. The minimum Gasteiger partial charge on any atom is -0.491 e. The zero-order chi connectivity index (χ0) is 20.3. The Kier molecular flexibility index (Phi) is 5.64. The maximum atomic E-state index is 13.1. The second-order valence-electron chi connectivity index (χ2n) is 6.82. The molecule has 0 bridgehead atoms. The molecule has 2 amide bonds. The Morgan fingerprint density at radius 1 is 1.04 bits per heavy atom. The minimum atomic E-state index is -0.325. The van der Waals surface area contributed by atoms with Crippen molar-refractivity contribution in [3.63, 3.8) is 0 Å². The van der Waals surface area contributed by atoms with Crippen LogP contribution in [0.25, 0.3) is 5.57 Å². The highest BCUT2D eigenvalue weighted by atomic mass is 16.5. The molecule has 5 heteroatoms. The van der Waals surface area contributed by atoms with Gasteiger partial charge in [-0.1, -0.05) is 36.4 Å². The smallest absolute Gasteiger partial charge is 0.278 e. The summed E-state index contributed by atoms with van der Waals surface area (Å²) in [5.41, 5.74) is 2.25. The number of likely N-dealkylation sites (N-methyl/N-ethyl adjacent to an activating group) is 1. The van der Waals surface area contributed by atoms with Gasteiger partial charge in [0.15, 0.2) is 0 Å². The Labute approximate surface area is 165 Å². The lowest BCUT2D eigenvalue weighted by molar-refractivity contribution is -0.136. The molecule has 0 aliphatic carbocycles. The molecule has 1 aliphatic heterocycles. The molecule has 0 atom stereocenters. The largest absolute Gasteiger partial charge is 0.491 e. The molecule has 0 N–H and O–H groups in total. The van der Waals surface area contributed by atoms with E-state index in [1.165, 1.54) is 4.90 Å². The van der Waals surface area contributed by atoms with Gasteiger partial charge >= 0.3 is 0 Å². The van der Waals surface area contributed by atoms with E-state index in [0.717, 1.165) is 11.4 Å². The highest BCUT2D eigenvalue weighted by Gasteiger charge is 2.40. The van der Waals surface area contributed by atoms with Crippen LogP contribution in [0.5, 0.6) is 5.75 Å². The minimum absolute atomic E-state index is 0.0580. The van der Waals surface area contributed by atoms with E-state index in [1.54, 1.807) is 18.0 Å². The van der Waals surface area contributed by atoms with Gasteiger partial charge < -0.3 is 9.64 Å². The lowest BCUT2D eigenvalue weighted by Crippen LogP contribution is -2.34. The Balaban J connectivity index is 2.08. The van der Waals surface area contributed by atoms with Crippen LogP contribution in [0, 0.1) is 0 Å². The van der Waals surface area contributed by atoms with Crippen molar-refractivity contribution in [3.05, 3.63) is 78.5 Å². The maximum absolute atomic E-state index is 13.1. The molecule has 0 unspecified atom stereocenters. The molecule has 1 heterocycles. The lowest BCUT2D eigenvalue weighted by atomic mass is 10.0. The van der Waals surface area contributed by atoms with Crippen molar-refractivity contribution in [1.29, 1.82) is 0 Å². The van der Waals surface area contributed by atoms with E-state index in [1.807, 2.05) is 68.4 Å². The number of carbonyl (C=O) groups excluding carboxylic acids is 2. The fourth-order valence-electron chi connectivity index (χ4n) is 3.18.